The van der Waals surface area contributed by atoms with E-state index in [1.807, 2.05) is 19.3 Å². The van der Waals surface area contributed by atoms with Crippen molar-refractivity contribution in [2.24, 2.45) is 0 Å². The van der Waals surface area contributed by atoms with Crippen molar-refractivity contribution in [1.29, 1.82) is 0 Å². The Morgan fingerprint density at radius 3 is 3.06 bits per heavy atom. The summed E-state index contributed by atoms with van der Waals surface area (Å²) in [5, 5.41) is 3.38. The SMILES string of the molecule is C#Cc1cncc(N2CCCCCC2NC)c1. The number of hydrogen-bond acceptors (Lipinski definition) is 3. The lowest BCUT2D eigenvalue weighted by molar-refractivity contribution is 0.507. The number of pyridine rings is 1. The highest BCUT2D eigenvalue weighted by molar-refractivity contribution is 5.50. The molecule has 0 aromatic carbocycles. The molecule has 0 radical (unpaired) electrons. The third-order valence-electron chi connectivity index (χ3n) is 3.31. The van der Waals surface area contributed by atoms with Crippen LogP contribution in [0.2, 0.25) is 0 Å². The predicted octanol–water partition coefficient (Wildman–Crippen LogP) is 1.99. The van der Waals surface area contributed by atoms with Crippen LogP contribution in [0.3, 0.4) is 0 Å². The summed E-state index contributed by atoms with van der Waals surface area (Å²) in [4.78, 5) is 6.59. The molecular weight excluding hydrogens is 210 g/mol. The molecule has 1 aliphatic heterocycles. The highest BCUT2D eigenvalue weighted by Crippen LogP contribution is 2.22. The standard InChI is InChI=1S/C14H19N3/c1-3-12-9-13(11-16-10-12)17-8-6-4-5-7-14(17)15-2/h1,9-11,14-15H,4-8H2,2H3. The molecule has 0 aliphatic carbocycles. The third kappa shape index (κ3) is 2.78. The number of hydrogen-bond donors (Lipinski definition) is 1. The summed E-state index contributed by atoms with van der Waals surface area (Å²) in [7, 11) is 2.02. The minimum atomic E-state index is 0.396. The van der Waals surface area contributed by atoms with E-state index in [0.29, 0.717) is 6.17 Å². The minimum absolute atomic E-state index is 0.396. The summed E-state index contributed by atoms with van der Waals surface area (Å²) >= 11 is 0. The summed E-state index contributed by atoms with van der Waals surface area (Å²) in [5.41, 5.74) is 1.98. The van der Waals surface area contributed by atoms with E-state index in [0.717, 1.165) is 17.8 Å². The third-order valence-corrected chi connectivity index (χ3v) is 3.31. The van der Waals surface area contributed by atoms with E-state index in [2.05, 4.69) is 21.1 Å². The van der Waals surface area contributed by atoms with Crippen molar-refractivity contribution in [3.8, 4) is 12.3 Å². The first-order chi connectivity index (χ1) is 8.35. The van der Waals surface area contributed by atoms with Crippen LogP contribution in [0.5, 0.6) is 0 Å². The molecule has 1 unspecified atom stereocenters. The van der Waals surface area contributed by atoms with Crippen LogP contribution in [0.4, 0.5) is 5.69 Å². The van der Waals surface area contributed by atoms with E-state index in [9.17, 15) is 0 Å². The molecule has 1 saturated heterocycles. The van der Waals surface area contributed by atoms with Crippen molar-refractivity contribution in [2.75, 3.05) is 18.5 Å². The molecule has 3 nitrogen and oxygen atoms in total. The van der Waals surface area contributed by atoms with E-state index in [4.69, 9.17) is 6.42 Å². The van der Waals surface area contributed by atoms with Crippen LogP contribution >= 0.6 is 0 Å². The van der Waals surface area contributed by atoms with Crippen molar-refractivity contribution in [2.45, 2.75) is 31.8 Å². The molecule has 1 aromatic heterocycles. The fourth-order valence-corrected chi connectivity index (χ4v) is 2.38. The van der Waals surface area contributed by atoms with E-state index in [1.165, 1.54) is 25.7 Å². The Bertz CT molecular complexity index is 408. The fourth-order valence-electron chi connectivity index (χ4n) is 2.38. The number of nitrogens with one attached hydrogen (secondary N) is 1. The Hall–Kier alpha value is -1.53. The van der Waals surface area contributed by atoms with Crippen molar-refractivity contribution in [1.82, 2.24) is 10.3 Å². The number of rotatable bonds is 2. The molecule has 1 aliphatic rings. The maximum Gasteiger partial charge on any atom is 0.0793 e. The fraction of sp³-hybridized carbons (Fsp3) is 0.500. The van der Waals surface area contributed by atoms with E-state index in [-0.39, 0.29) is 0 Å². The molecule has 2 rings (SSSR count). The predicted molar refractivity (Wildman–Crippen MR) is 70.8 cm³/mol. The van der Waals surface area contributed by atoms with Gasteiger partial charge in [-0.1, -0.05) is 12.3 Å². The summed E-state index contributed by atoms with van der Waals surface area (Å²) in [6.07, 6.45) is 14.4. The van der Waals surface area contributed by atoms with Crippen LogP contribution in [0.25, 0.3) is 0 Å². The smallest absolute Gasteiger partial charge is 0.0793 e. The zero-order valence-corrected chi connectivity index (χ0v) is 10.3. The number of nitrogens with zero attached hydrogens (tertiary/aromatic N) is 2. The average Bonchev–Trinajstić information content (AvgIpc) is 2.63. The lowest BCUT2D eigenvalue weighted by Gasteiger charge is -2.31. The number of aromatic nitrogens is 1. The van der Waals surface area contributed by atoms with Gasteiger partial charge in [-0.05, 0) is 32.4 Å². The summed E-state index contributed by atoms with van der Waals surface area (Å²) in [6.45, 7) is 1.07. The monoisotopic (exact) mass is 229 g/mol. The summed E-state index contributed by atoms with van der Waals surface area (Å²) < 4.78 is 0. The highest BCUT2D eigenvalue weighted by Gasteiger charge is 2.19. The van der Waals surface area contributed by atoms with Crippen molar-refractivity contribution in [3.63, 3.8) is 0 Å². The number of anilines is 1. The highest BCUT2D eigenvalue weighted by atomic mass is 15.3. The van der Waals surface area contributed by atoms with Gasteiger partial charge < -0.3 is 10.2 Å². The van der Waals surface area contributed by atoms with Crippen molar-refractivity contribution < 1.29 is 0 Å². The molecule has 0 spiro atoms. The quantitative estimate of drug-likeness (QED) is 0.786. The van der Waals surface area contributed by atoms with Gasteiger partial charge in [0.25, 0.3) is 0 Å². The number of terminal acetylenes is 1. The van der Waals surface area contributed by atoms with Gasteiger partial charge in [-0.15, -0.1) is 6.42 Å². The van der Waals surface area contributed by atoms with Gasteiger partial charge in [0.2, 0.25) is 0 Å². The maximum atomic E-state index is 5.42. The van der Waals surface area contributed by atoms with Gasteiger partial charge in [-0.3, -0.25) is 4.98 Å². The van der Waals surface area contributed by atoms with Gasteiger partial charge in [-0.2, -0.15) is 0 Å². The molecule has 1 N–H and O–H groups in total. The molecule has 0 bridgehead atoms. The van der Waals surface area contributed by atoms with Crippen molar-refractivity contribution in [3.05, 3.63) is 24.0 Å². The molecule has 90 valence electrons. The van der Waals surface area contributed by atoms with E-state index < -0.39 is 0 Å². The Morgan fingerprint density at radius 1 is 1.41 bits per heavy atom. The van der Waals surface area contributed by atoms with Crippen molar-refractivity contribution >= 4 is 5.69 Å². The lowest BCUT2D eigenvalue weighted by Crippen LogP contribution is -2.43. The Morgan fingerprint density at radius 2 is 2.29 bits per heavy atom. The topological polar surface area (TPSA) is 28.2 Å². The minimum Gasteiger partial charge on any atom is -0.355 e. The molecule has 2 heterocycles. The molecule has 3 heteroatoms. The lowest BCUT2D eigenvalue weighted by atomic mass is 10.2. The zero-order valence-electron chi connectivity index (χ0n) is 10.3. The Labute approximate surface area is 103 Å². The second kappa shape index (κ2) is 5.70. The van der Waals surface area contributed by atoms with Gasteiger partial charge in [0, 0.05) is 18.3 Å². The van der Waals surface area contributed by atoms with Crippen LogP contribution in [0.15, 0.2) is 18.5 Å². The molecule has 17 heavy (non-hydrogen) atoms. The normalized spacial score (nSPS) is 20.7. The largest absolute Gasteiger partial charge is 0.355 e. The molecule has 0 amide bonds. The second-order valence-corrected chi connectivity index (χ2v) is 4.42. The molecule has 1 aromatic rings. The average molecular weight is 229 g/mol. The van der Waals surface area contributed by atoms with Gasteiger partial charge in [-0.25, -0.2) is 0 Å². The molecule has 1 atom stereocenters. The summed E-state index contributed by atoms with van der Waals surface area (Å²) in [5.74, 6) is 2.65. The zero-order chi connectivity index (χ0) is 12.1. The van der Waals surface area contributed by atoms with Crippen LogP contribution in [0, 0.1) is 12.3 Å². The van der Waals surface area contributed by atoms with Crippen LogP contribution < -0.4 is 10.2 Å². The maximum absolute atomic E-state index is 5.42. The molecular formula is C14H19N3. The molecule has 0 saturated carbocycles. The molecule has 1 fully saturated rings. The van der Waals surface area contributed by atoms with Crippen LogP contribution in [-0.2, 0) is 0 Å². The first kappa shape index (κ1) is 11.9. The van der Waals surface area contributed by atoms with Gasteiger partial charge >= 0.3 is 0 Å². The van der Waals surface area contributed by atoms with Gasteiger partial charge in [0.1, 0.15) is 0 Å². The second-order valence-electron chi connectivity index (χ2n) is 4.42. The Kier molecular flexibility index (Phi) is 4.00. The summed E-state index contributed by atoms with van der Waals surface area (Å²) in [6, 6.07) is 2.04. The Balaban J connectivity index is 2.25. The van der Waals surface area contributed by atoms with Gasteiger partial charge in [0.05, 0.1) is 18.1 Å². The van der Waals surface area contributed by atoms with Crippen LogP contribution in [0.1, 0.15) is 31.2 Å². The van der Waals surface area contributed by atoms with E-state index >= 15 is 0 Å². The van der Waals surface area contributed by atoms with Gasteiger partial charge in [0.15, 0.2) is 0 Å². The first-order valence-corrected chi connectivity index (χ1v) is 6.20. The van der Waals surface area contributed by atoms with Crippen LogP contribution in [-0.4, -0.2) is 24.7 Å². The first-order valence-electron chi connectivity index (χ1n) is 6.20. The van der Waals surface area contributed by atoms with E-state index in [1.54, 1.807) is 6.20 Å².